The lowest BCUT2D eigenvalue weighted by atomic mass is 10.2. The first-order valence-electron chi connectivity index (χ1n) is 6.15. The minimum absolute atomic E-state index is 0.0926. The zero-order valence-electron chi connectivity index (χ0n) is 11.6. The number of carbonyl (C=O) groups is 3. The average Bonchev–Trinajstić information content (AvgIpc) is 2.41. The van der Waals surface area contributed by atoms with Crippen LogP contribution >= 0.6 is 0 Å². The van der Waals surface area contributed by atoms with Crippen LogP contribution in [0, 0.1) is 5.82 Å². The first kappa shape index (κ1) is 16.6. The highest BCUT2D eigenvalue weighted by atomic mass is 19.1. The SMILES string of the molecule is CCOC(=O)C(N)C(=O)Nc1ccc(F)c(NC(C)=O)c1. The van der Waals surface area contributed by atoms with Crippen LogP contribution in [-0.4, -0.2) is 30.4 Å². The molecule has 1 rings (SSSR count). The van der Waals surface area contributed by atoms with Crippen molar-refractivity contribution in [2.45, 2.75) is 19.9 Å². The monoisotopic (exact) mass is 297 g/mol. The van der Waals surface area contributed by atoms with E-state index in [1.807, 2.05) is 0 Å². The summed E-state index contributed by atoms with van der Waals surface area (Å²) < 4.78 is 18.0. The molecule has 114 valence electrons. The molecule has 0 fully saturated rings. The van der Waals surface area contributed by atoms with Crippen molar-refractivity contribution in [1.82, 2.24) is 0 Å². The van der Waals surface area contributed by atoms with Gasteiger partial charge in [0.05, 0.1) is 12.3 Å². The Labute approximate surface area is 120 Å². The van der Waals surface area contributed by atoms with Crippen LogP contribution in [0.2, 0.25) is 0 Å². The van der Waals surface area contributed by atoms with Crippen LogP contribution in [0.5, 0.6) is 0 Å². The zero-order valence-corrected chi connectivity index (χ0v) is 11.6. The lowest BCUT2D eigenvalue weighted by molar-refractivity contribution is -0.147. The number of carbonyl (C=O) groups excluding carboxylic acids is 3. The Balaban J connectivity index is 2.81. The van der Waals surface area contributed by atoms with Crippen LogP contribution < -0.4 is 16.4 Å². The van der Waals surface area contributed by atoms with E-state index in [-0.39, 0.29) is 18.0 Å². The van der Waals surface area contributed by atoms with Gasteiger partial charge in [-0.15, -0.1) is 0 Å². The molecule has 1 aromatic carbocycles. The number of nitrogens with one attached hydrogen (secondary N) is 2. The van der Waals surface area contributed by atoms with Gasteiger partial charge in [-0.3, -0.25) is 9.59 Å². The summed E-state index contributed by atoms with van der Waals surface area (Å²) in [6.07, 6.45) is 0. The molecule has 0 spiro atoms. The summed E-state index contributed by atoms with van der Waals surface area (Å²) in [6, 6.07) is 2.07. The number of ether oxygens (including phenoxy) is 1. The summed E-state index contributed by atoms with van der Waals surface area (Å²) in [5, 5.41) is 4.61. The van der Waals surface area contributed by atoms with E-state index in [9.17, 15) is 18.8 Å². The highest BCUT2D eigenvalue weighted by Crippen LogP contribution is 2.19. The second-order valence-corrected chi connectivity index (χ2v) is 4.09. The first-order valence-corrected chi connectivity index (χ1v) is 6.15. The number of rotatable bonds is 5. The topological polar surface area (TPSA) is 111 Å². The minimum atomic E-state index is -1.49. The van der Waals surface area contributed by atoms with E-state index in [4.69, 9.17) is 5.73 Å². The van der Waals surface area contributed by atoms with E-state index in [2.05, 4.69) is 15.4 Å². The quantitative estimate of drug-likeness (QED) is 0.545. The molecule has 0 saturated carbocycles. The molecule has 0 aliphatic heterocycles. The number of anilines is 2. The third-order valence-corrected chi connectivity index (χ3v) is 2.37. The summed E-state index contributed by atoms with van der Waals surface area (Å²) in [5.74, 6) is -2.77. The molecule has 7 nitrogen and oxygen atoms in total. The normalized spacial score (nSPS) is 11.4. The Kier molecular flexibility index (Phi) is 5.79. The minimum Gasteiger partial charge on any atom is -0.464 e. The Morgan fingerprint density at radius 2 is 2.00 bits per heavy atom. The van der Waals surface area contributed by atoms with Gasteiger partial charge in [-0.1, -0.05) is 0 Å². The van der Waals surface area contributed by atoms with Crippen molar-refractivity contribution in [3.05, 3.63) is 24.0 Å². The van der Waals surface area contributed by atoms with Gasteiger partial charge in [0.2, 0.25) is 5.91 Å². The Bertz CT molecular complexity index is 562. The summed E-state index contributed by atoms with van der Waals surface area (Å²) in [7, 11) is 0. The summed E-state index contributed by atoms with van der Waals surface area (Å²) in [6.45, 7) is 2.91. The predicted molar refractivity (Wildman–Crippen MR) is 73.9 cm³/mol. The number of amides is 2. The van der Waals surface area contributed by atoms with Crippen LogP contribution in [-0.2, 0) is 19.1 Å². The molecular formula is C13H16FN3O4. The molecule has 0 aliphatic carbocycles. The molecule has 0 aliphatic rings. The molecule has 0 aromatic heterocycles. The van der Waals surface area contributed by atoms with Crippen molar-refractivity contribution < 1.29 is 23.5 Å². The number of halogens is 1. The van der Waals surface area contributed by atoms with Crippen LogP contribution in [0.3, 0.4) is 0 Å². The van der Waals surface area contributed by atoms with Gasteiger partial charge < -0.3 is 21.1 Å². The Morgan fingerprint density at radius 1 is 1.33 bits per heavy atom. The summed E-state index contributed by atoms with van der Waals surface area (Å²) in [5.41, 5.74) is 5.51. The maximum atomic E-state index is 13.4. The van der Waals surface area contributed by atoms with Crippen LogP contribution in [0.15, 0.2) is 18.2 Å². The fourth-order valence-electron chi connectivity index (χ4n) is 1.45. The van der Waals surface area contributed by atoms with Gasteiger partial charge >= 0.3 is 5.97 Å². The zero-order chi connectivity index (χ0) is 16.0. The predicted octanol–water partition coefficient (Wildman–Crippen LogP) is 0.613. The fourth-order valence-corrected chi connectivity index (χ4v) is 1.45. The summed E-state index contributed by atoms with van der Waals surface area (Å²) >= 11 is 0. The van der Waals surface area contributed by atoms with Crippen LogP contribution in [0.25, 0.3) is 0 Å². The molecule has 0 saturated heterocycles. The second-order valence-electron chi connectivity index (χ2n) is 4.09. The highest BCUT2D eigenvalue weighted by molar-refractivity contribution is 6.08. The molecule has 1 aromatic rings. The van der Waals surface area contributed by atoms with Gasteiger partial charge in [0.25, 0.3) is 5.91 Å². The van der Waals surface area contributed by atoms with Gasteiger partial charge in [0.15, 0.2) is 6.04 Å². The molecule has 0 radical (unpaired) electrons. The molecule has 4 N–H and O–H groups in total. The number of esters is 1. The smallest absolute Gasteiger partial charge is 0.332 e. The lowest BCUT2D eigenvalue weighted by Crippen LogP contribution is -2.43. The van der Waals surface area contributed by atoms with E-state index >= 15 is 0 Å². The van der Waals surface area contributed by atoms with Crippen molar-refractivity contribution in [3.63, 3.8) is 0 Å². The van der Waals surface area contributed by atoms with Crippen LogP contribution in [0.1, 0.15) is 13.8 Å². The van der Waals surface area contributed by atoms with Crippen molar-refractivity contribution in [1.29, 1.82) is 0 Å². The molecule has 1 atom stereocenters. The number of hydrogen-bond acceptors (Lipinski definition) is 5. The largest absolute Gasteiger partial charge is 0.464 e. The number of benzene rings is 1. The first-order chi connectivity index (χ1) is 9.85. The Hall–Kier alpha value is -2.48. The van der Waals surface area contributed by atoms with E-state index in [0.29, 0.717) is 0 Å². The molecule has 2 amide bonds. The van der Waals surface area contributed by atoms with Crippen LogP contribution in [0.4, 0.5) is 15.8 Å². The molecule has 1 unspecified atom stereocenters. The molecule has 8 heteroatoms. The lowest BCUT2D eigenvalue weighted by Gasteiger charge is -2.12. The third-order valence-electron chi connectivity index (χ3n) is 2.37. The van der Waals surface area contributed by atoms with Crippen molar-refractivity contribution in [2.75, 3.05) is 17.2 Å². The van der Waals surface area contributed by atoms with E-state index in [1.165, 1.54) is 19.1 Å². The second kappa shape index (κ2) is 7.34. The number of nitrogens with two attached hydrogens (primary N) is 1. The fraction of sp³-hybridized carbons (Fsp3) is 0.308. The van der Waals surface area contributed by atoms with Gasteiger partial charge in [-0.25, -0.2) is 9.18 Å². The third kappa shape index (κ3) is 4.84. The van der Waals surface area contributed by atoms with Gasteiger partial charge in [0.1, 0.15) is 5.82 Å². The van der Waals surface area contributed by atoms with Gasteiger partial charge in [-0.05, 0) is 25.1 Å². The van der Waals surface area contributed by atoms with E-state index in [0.717, 1.165) is 6.07 Å². The molecule has 0 bridgehead atoms. The summed E-state index contributed by atoms with van der Waals surface area (Å²) in [4.78, 5) is 34.0. The van der Waals surface area contributed by atoms with Gasteiger partial charge in [0, 0.05) is 12.6 Å². The maximum absolute atomic E-state index is 13.4. The number of hydrogen-bond donors (Lipinski definition) is 3. The van der Waals surface area contributed by atoms with Crippen molar-refractivity contribution >= 4 is 29.2 Å². The average molecular weight is 297 g/mol. The molecular weight excluding hydrogens is 281 g/mol. The van der Waals surface area contributed by atoms with Gasteiger partial charge in [-0.2, -0.15) is 0 Å². The van der Waals surface area contributed by atoms with E-state index < -0.39 is 29.6 Å². The van der Waals surface area contributed by atoms with Crippen molar-refractivity contribution in [3.8, 4) is 0 Å². The molecule has 0 heterocycles. The van der Waals surface area contributed by atoms with E-state index in [1.54, 1.807) is 6.92 Å². The molecule has 21 heavy (non-hydrogen) atoms. The van der Waals surface area contributed by atoms with Crippen molar-refractivity contribution in [2.24, 2.45) is 5.73 Å². The highest BCUT2D eigenvalue weighted by Gasteiger charge is 2.23. The Morgan fingerprint density at radius 3 is 2.57 bits per heavy atom. The maximum Gasteiger partial charge on any atom is 0.332 e. The standard InChI is InChI=1S/C13H16FN3O4/c1-3-21-13(20)11(15)12(19)17-8-4-5-9(14)10(6-8)16-7(2)18/h4-6,11H,3,15H2,1-2H3,(H,16,18)(H,17,19).